The SMILES string of the molecule is COCCN1CC(NC(=O)Nc2c(C)c(-c3cncc(F)c3)nn2-c2cccnc2)C(c2ccc(F)c(F)c2)C1. The topological polar surface area (TPSA) is 97.2 Å². The predicted molar refractivity (Wildman–Crippen MR) is 143 cm³/mol. The minimum absolute atomic E-state index is 0.282. The maximum absolute atomic E-state index is 14.1. The van der Waals surface area contributed by atoms with Crippen molar-refractivity contribution in [2.75, 3.05) is 38.7 Å². The number of likely N-dealkylation sites (tertiary alicyclic amines) is 1. The number of rotatable bonds is 8. The Morgan fingerprint density at radius 1 is 1.07 bits per heavy atom. The van der Waals surface area contributed by atoms with Crippen LogP contribution < -0.4 is 10.6 Å². The number of amides is 2. The highest BCUT2D eigenvalue weighted by atomic mass is 19.2. The lowest BCUT2D eigenvalue weighted by molar-refractivity contribution is 0.159. The number of ether oxygens (including phenoxy) is 1. The summed E-state index contributed by atoms with van der Waals surface area (Å²) < 4.78 is 48.4. The van der Waals surface area contributed by atoms with Crippen molar-refractivity contribution in [3.8, 4) is 16.9 Å². The van der Waals surface area contributed by atoms with Gasteiger partial charge in [0.1, 0.15) is 11.6 Å². The number of hydrogen-bond donors (Lipinski definition) is 2. The van der Waals surface area contributed by atoms with Crippen molar-refractivity contribution >= 4 is 11.8 Å². The van der Waals surface area contributed by atoms with E-state index in [-0.39, 0.29) is 5.92 Å². The van der Waals surface area contributed by atoms with Crippen molar-refractivity contribution in [3.05, 3.63) is 89.8 Å². The fourth-order valence-corrected chi connectivity index (χ4v) is 4.95. The molecule has 3 aromatic heterocycles. The second-order valence-corrected chi connectivity index (χ2v) is 9.57. The number of nitrogens with one attached hydrogen (secondary N) is 2. The van der Waals surface area contributed by atoms with Crippen molar-refractivity contribution in [2.24, 2.45) is 0 Å². The lowest BCUT2D eigenvalue weighted by Crippen LogP contribution is -2.42. The number of halogens is 3. The van der Waals surface area contributed by atoms with Crippen molar-refractivity contribution < 1.29 is 22.7 Å². The molecule has 1 aliphatic heterocycles. The second-order valence-electron chi connectivity index (χ2n) is 9.57. The summed E-state index contributed by atoms with van der Waals surface area (Å²) in [6, 6.07) is 7.73. The van der Waals surface area contributed by atoms with Crippen LogP contribution in [0.2, 0.25) is 0 Å². The summed E-state index contributed by atoms with van der Waals surface area (Å²) in [5.41, 5.74) is 2.66. The number of nitrogens with zero attached hydrogens (tertiary/aromatic N) is 5. The van der Waals surface area contributed by atoms with E-state index in [9.17, 15) is 18.0 Å². The van der Waals surface area contributed by atoms with Gasteiger partial charge in [0.05, 0.1) is 36.4 Å². The molecule has 5 rings (SSSR count). The van der Waals surface area contributed by atoms with E-state index in [0.29, 0.717) is 60.1 Å². The molecule has 0 spiro atoms. The van der Waals surface area contributed by atoms with Crippen LogP contribution in [0.5, 0.6) is 0 Å². The summed E-state index contributed by atoms with van der Waals surface area (Å²) in [6.45, 7) is 3.89. The van der Waals surface area contributed by atoms with E-state index in [1.165, 1.54) is 29.1 Å². The predicted octanol–water partition coefficient (Wildman–Crippen LogP) is 4.29. The van der Waals surface area contributed by atoms with Gasteiger partial charge >= 0.3 is 6.03 Å². The van der Waals surface area contributed by atoms with Gasteiger partial charge in [-0.2, -0.15) is 5.10 Å². The summed E-state index contributed by atoms with van der Waals surface area (Å²) >= 11 is 0. The average molecular weight is 552 g/mol. The molecule has 1 saturated heterocycles. The summed E-state index contributed by atoms with van der Waals surface area (Å²) in [6.07, 6.45) is 5.80. The molecule has 40 heavy (non-hydrogen) atoms. The quantitative estimate of drug-likeness (QED) is 0.339. The first-order valence-electron chi connectivity index (χ1n) is 12.7. The molecule has 12 heteroatoms. The number of aromatic nitrogens is 4. The zero-order valence-electron chi connectivity index (χ0n) is 21.9. The maximum atomic E-state index is 14.1. The third-order valence-electron chi connectivity index (χ3n) is 6.92. The van der Waals surface area contributed by atoms with Gasteiger partial charge in [0.2, 0.25) is 0 Å². The van der Waals surface area contributed by atoms with E-state index in [1.54, 1.807) is 38.6 Å². The van der Waals surface area contributed by atoms with Gasteiger partial charge in [0.15, 0.2) is 11.6 Å². The molecule has 208 valence electrons. The summed E-state index contributed by atoms with van der Waals surface area (Å²) in [4.78, 5) is 23.6. The second kappa shape index (κ2) is 11.8. The van der Waals surface area contributed by atoms with Crippen molar-refractivity contribution in [2.45, 2.75) is 18.9 Å². The van der Waals surface area contributed by atoms with Crippen molar-refractivity contribution in [1.82, 2.24) is 30.0 Å². The van der Waals surface area contributed by atoms with E-state index in [0.717, 1.165) is 12.3 Å². The smallest absolute Gasteiger partial charge is 0.320 e. The highest BCUT2D eigenvalue weighted by molar-refractivity contribution is 5.91. The van der Waals surface area contributed by atoms with E-state index >= 15 is 0 Å². The van der Waals surface area contributed by atoms with Crippen LogP contribution in [0.25, 0.3) is 16.9 Å². The van der Waals surface area contributed by atoms with Gasteiger partial charge in [-0.1, -0.05) is 6.07 Å². The Kier molecular flexibility index (Phi) is 8.08. The van der Waals surface area contributed by atoms with Gasteiger partial charge in [-0.3, -0.25) is 20.2 Å². The maximum Gasteiger partial charge on any atom is 0.320 e. The third kappa shape index (κ3) is 5.82. The lowest BCUT2D eigenvalue weighted by atomic mass is 9.94. The number of urea groups is 1. The van der Waals surface area contributed by atoms with Crippen LogP contribution in [0.15, 0.2) is 61.2 Å². The Labute approximate surface area is 229 Å². The van der Waals surface area contributed by atoms with Crippen LogP contribution in [0.1, 0.15) is 17.0 Å². The highest BCUT2D eigenvalue weighted by Gasteiger charge is 2.35. The van der Waals surface area contributed by atoms with Crippen LogP contribution in [0, 0.1) is 24.4 Å². The van der Waals surface area contributed by atoms with Gasteiger partial charge in [-0.25, -0.2) is 22.6 Å². The Balaban J connectivity index is 1.43. The number of methoxy groups -OCH3 is 1. The van der Waals surface area contributed by atoms with Gasteiger partial charge in [-0.15, -0.1) is 0 Å². The summed E-state index contributed by atoms with van der Waals surface area (Å²) in [7, 11) is 1.61. The Bertz CT molecular complexity index is 1500. The van der Waals surface area contributed by atoms with Gasteiger partial charge < -0.3 is 10.1 Å². The van der Waals surface area contributed by atoms with E-state index in [2.05, 4.69) is 30.6 Å². The number of hydrogen-bond acceptors (Lipinski definition) is 6. The fraction of sp³-hybridized carbons (Fsp3) is 0.286. The molecule has 0 bridgehead atoms. The van der Waals surface area contributed by atoms with E-state index < -0.39 is 29.5 Å². The number of pyridine rings is 2. The number of anilines is 1. The summed E-state index contributed by atoms with van der Waals surface area (Å²) in [5.74, 6) is -2.29. The van der Waals surface area contributed by atoms with Crippen LogP contribution in [-0.4, -0.2) is 70.1 Å². The minimum atomic E-state index is -0.939. The monoisotopic (exact) mass is 551 g/mol. The normalized spacial score (nSPS) is 17.2. The number of benzene rings is 1. The lowest BCUT2D eigenvalue weighted by Gasteiger charge is -2.21. The molecule has 1 fully saturated rings. The molecular weight excluding hydrogens is 523 g/mol. The molecule has 2 N–H and O–H groups in total. The molecule has 9 nitrogen and oxygen atoms in total. The molecule has 1 aromatic carbocycles. The fourth-order valence-electron chi connectivity index (χ4n) is 4.95. The van der Waals surface area contributed by atoms with Crippen molar-refractivity contribution in [3.63, 3.8) is 0 Å². The van der Waals surface area contributed by atoms with E-state index in [1.807, 2.05) is 0 Å². The molecule has 4 aromatic rings. The van der Waals surface area contributed by atoms with E-state index in [4.69, 9.17) is 4.74 Å². The molecule has 0 saturated carbocycles. The molecule has 0 radical (unpaired) electrons. The largest absolute Gasteiger partial charge is 0.383 e. The molecule has 2 atom stereocenters. The first kappa shape index (κ1) is 27.3. The van der Waals surface area contributed by atoms with Gasteiger partial charge in [-0.05, 0) is 42.8 Å². The minimum Gasteiger partial charge on any atom is -0.383 e. The first-order chi connectivity index (χ1) is 19.3. The van der Waals surface area contributed by atoms with Crippen LogP contribution in [0.4, 0.5) is 23.8 Å². The van der Waals surface area contributed by atoms with Gasteiger partial charge in [0, 0.05) is 56.2 Å². The van der Waals surface area contributed by atoms with Crippen LogP contribution in [-0.2, 0) is 4.74 Å². The zero-order chi connectivity index (χ0) is 28.2. The van der Waals surface area contributed by atoms with Crippen LogP contribution in [0.3, 0.4) is 0 Å². The Morgan fingerprint density at radius 3 is 2.65 bits per heavy atom. The number of carbonyl (C=O) groups is 1. The molecule has 4 heterocycles. The molecular formula is C28H28F3N7O2. The van der Waals surface area contributed by atoms with Gasteiger partial charge in [0.25, 0.3) is 0 Å². The number of carbonyl (C=O) groups excluding carboxylic acids is 1. The average Bonchev–Trinajstić information content (AvgIpc) is 3.50. The molecule has 2 unspecified atom stereocenters. The van der Waals surface area contributed by atoms with Crippen LogP contribution >= 0.6 is 0 Å². The van der Waals surface area contributed by atoms with Crippen molar-refractivity contribution in [1.29, 1.82) is 0 Å². The summed E-state index contributed by atoms with van der Waals surface area (Å²) in [5, 5.41) is 10.5. The zero-order valence-corrected chi connectivity index (χ0v) is 21.9. The molecule has 0 aliphatic carbocycles. The molecule has 2 amide bonds. The Hall–Kier alpha value is -4.29. The molecule has 1 aliphatic rings. The Morgan fingerprint density at radius 2 is 1.93 bits per heavy atom. The third-order valence-corrected chi connectivity index (χ3v) is 6.92. The highest BCUT2D eigenvalue weighted by Crippen LogP contribution is 2.31. The first-order valence-corrected chi connectivity index (χ1v) is 12.7. The standard InChI is InChI=1S/C28H28F3N7O2/c1-17-26(19-10-20(29)13-33-12-19)36-38(21-4-3-7-32-14-21)27(17)35-28(39)34-25-16-37(8-9-40-2)15-22(25)18-5-6-23(30)24(31)11-18/h3-7,10-14,22,25H,8-9,15-16H2,1-2H3,(H2,34,35,39).